The minimum atomic E-state index is -0.509. The molecule has 0 atom stereocenters. The number of rotatable bonds is 3. The van der Waals surface area contributed by atoms with Crippen LogP contribution in [-0.4, -0.2) is 30.7 Å². The van der Waals surface area contributed by atoms with Gasteiger partial charge in [0.05, 0.1) is 42.1 Å². The quantitative estimate of drug-likeness (QED) is 0.490. The molecule has 0 fully saturated rings. The van der Waals surface area contributed by atoms with E-state index in [1.54, 1.807) is 12.1 Å². The van der Waals surface area contributed by atoms with E-state index in [0.717, 1.165) is 27.4 Å². The van der Waals surface area contributed by atoms with Crippen LogP contribution < -0.4 is 0 Å². The molecule has 4 rings (SSSR count). The van der Waals surface area contributed by atoms with Gasteiger partial charge in [0, 0.05) is 10.8 Å². The van der Waals surface area contributed by atoms with Gasteiger partial charge in [-0.15, -0.1) is 0 Å². The molecule has 0 amide bonds. The minimum Gasteiger partial charge on any atom is -0.465 e. The Morgan fingerprint density at radius 3 is 1.61 bits per heavy atom. The lowest BCUT2D eigenvalue weighted by atomic mass is 10.0. The largest absolute Gasteiger partial charge is 0.465 e. The predicted octanol–water partition coefficient (Wildman–Crippen LogP) is 4.67. The maximum absolute atomic E-state index is 12.6. The first-order chi connectivity index (χ1) is 13.6. The summed E-state index contributed by atoms with van der Waals surface area (Å²) < 4.78 is 12.0. The molecule has 28 heavy (non-hydrogen) atoms. The maximum atomic E-state index is 12.6. The summed E-state index contributed by atoms with van der Waals surface area (Å²) in [5, 5.41) is 2.07. The second-order valence-corrected chi connectivity index (χ2v) is 6.56. The van der Waals surface area contributed by atoms with Crippen molar-refractivity contribution in [1.29, 1.82) is 0 Å². The van der Waals surface area contributed by atoms with Gasteiger partial charge < -0.3 is 14.0 Å². The van der Waals surface area contributed by atoms with Crippen LogP contribution in [0.15, 0.2) is 60.7 Å². The zero-order chi connectivity index (χ0) is 19.8. The molecular formula is C23H19NO4. The van der Waals surface area contributed by atoms with Gasteiger partial charge in [0.2, 0.25) is 0 Å². The molecule has 1 heterocycles. The summed E-state index contributed by atoms with van der Waals surface area (Å²) in [5.41, 5.74) is 3.64. The van der Waals surface area contributed by atoms with E-state index in [0.29, 0.717) is 16.8 Å². The van der Waals surface area contributed by atoms with E-state index in [9.17, 15) is 9.59 Å². The van der Waals surface area contributed by atoms with Gasteiger partial charge >= 0.3 is 11.9 Å². The summed E-state index contributed by atoms with van der Waals surface area (Å²) in [7, 11) is 2.66. The van der Waals surface area contributed by atoms with E-state index in [-0.39, 0.29) is 0 Å². The van der Waals surface area contributed by atoms with Crippen LogP contribution in [0, 0.1) is 6.92 Å². The number of methoxy groups -OCH3 is 2. The Bertz CT molecular complexity index is 1150. The normalized spacial score (nSPS) is 11.0. The Balaban J connectivity index is 2.23. The van der Waals surface area contributed by atoms with Crippen LogP contribution in [0.4, 0.5) is 0 Å². The van der Waals surface area contributed by atoms with Crippen molar-refractivity contribution < 1.29 is 19.1 Å². The molecular weight excluding hydrogens is 354 g/mol. The van der Waals surface area contributed by atoms with Crippen LogP contribution >= 0.6 is 0 Å². The van der Waals surface area contributed by atoms with Crippen molar-refractivity contribution in [3.63, 3.8) is 0 Å². The molecule has 0 radical (unpaired) electrons. The van der Waals surface area contributed by atoms with E-state index in [1.165, 1.54) is 14.2 Å². The first-order valence-corrected chi connectivity index (χ1v) is 8.86. The third kappa shape index (κ3) is 2.63. The van der Waals surface area contributed by atoms with Gasteiger partial charge in [-0.25, -0.2) is 9.59 Å². The Morgan fingerprint density at radius 2 is 1.18 bits per heavy atom. The smallest absolute Gasteiger partial charge is 0.340 e. The second-order valence-electron chi connectivity index (χ2n) is 6.56. The summed E-state index contributed by atoms with van der Waals surface area (Å²) in [6, 6.07) is 19.3. The molecule has 0 unspecified atom stereocenters. The second kappa shape index (κ2) is 6.85. The Kier molecular flexibility index (Phi) is 4.35. The van der Waals surface area contributed by atoms with Gasteiger partial charge in [0.15, 0.2) is 0 Å². The monoisotopic (exact) mass is 373 g/mol. The summed E-state index contributed by atoms with van der Waals surface area (Å²) in [6.07, 6.45) is 0. The third-order valence-electron chi connectivity index (χ3n) is 4.87. The van der Waals surface area contributed by atoms with Crippen LogP contribution in [0.25, 0.3) is 27.5 Å². The van der Waals surface area contributed by atoms with Gasteiger partial charge in [-0.2, -0.15) is 0 Å². The predicted molar refractivity (Wildman–Crippen MR) is 108 cm³/mol. The molecule has 0 aliphatic heterocycles. The summed E-state index contributed by atoms with van der Waals surface area (Å²) in [4.78, 5) is 25.3. The molecule has 3 aromatic carbocycles. The first-order valence-electron chi connectivity index (χ1n) is 8.86. The minimum absolute atomic E-state index is 0.314. The fourth-order valence-corrected chi connectivity index (χ4v) is 3.71. The van der Waals surface area contributed by atoms with Crippen molar-refractivity contribution in [3.05, 3.63) is 77.4 Å². The van der Waals surface area contributed by atoms with E-state index < -0.39 is 11.9 Å². The summed E-state index contributed by atoms with van der Waals surface area (Å²) in [5.74, 6) is -1.02. The topological polar surface area (TPSA) is 57.5 Å². The number of aryl methyl sites for hydroxylation is 1. The van der Waals surface area contributed by atoms with Crippen molar-refractivity contribution >= 4 is 33.7 Å². The fraction of sp³-hybridized carbons (Fsp3) is 0.130. The molecule has 1 aromatic heterocycles. The van der Waals surface area contributed by atoms with Crippen molar-refractivity contribution in [1.82, 2.24) is 4.57 Å². The average Bonchev–Trinajstić information content (AvgIpc) is 3.06. The lowest BCUT2D eigenvalue weighted by Crippen LogP contribution is -2.15. The van der Waals surface area contributed by atoms with Crippen molar-refractivity contribution in [2.75, 3.05) is 14.2 Å². The first kappa shape index (κ1) is 17.8. The number of carbonyl (C=O) groups is 2. The highest BCUT2D eigenvalue weighted by Gasteiger charge is 2.25. The molecule has 0 bridgehead atoms. The van der Waals surface area contributed by atoms with Gasteiger partial charge in [-0.1, -0.05) is 36.4 Å². The fourth-order valence-electron chi connectivity index (χ4n) is 3.71. The van der Waals surface area contributed by atoms with E-state index in [4.69, 9.17) is 9.47 Å². The lowest BCUT2D eigenvalue weighted by Gasteiger charge is -2.17. The number of para-hydroxylation sites is 2. The molecule has 0 aliphatic carbocycles. The number of hydrogen-bond acceptors (Lipinski definition) is 4. The molecule has 0 saturated carbocycles. The number of aromatic nitrogens is 1. The standard InChI is InChI=1S/C23H19NO4/c1-14-12-17(22(25)27-2)21(18(13-14)23(26)28-3)24-19-10-6-4-8-15(19)16-9-5-7-11-20(16)24/h4-13H,1-3H3. The van der Waals surface area contributed by atoms with Gasteiger partial charge in [0.25, 0.3) is 0 Å². The van der Waals surface area contributed by atoms with Gasteiger partial charge in [0.1, 0.15) is 0 Å². The van der Waals surface area contributed by atoms with Crippen LogP contribution in [0.5, 0.6) is 0 Å². The summed E-state index contributed by atoms with van der Waals surface area (Å²) in [6.45, 7) is 1.83. The molecule has 0 aliphatic rings. The third-order valence-corrected chi connectivity index (χ3v) is 4.87. The number of ether oxygens (including phenoxy) is 2. The highest BCUT2D eigenvalue weighted by Crippen LogP contribution is 2.35. The highest BCUT2D eigenvalue weighted by atomic mass is 16.5. The van der Waals surface area contributed by atoms with E-state index in [1.807, 2.05) is 60.0 Å². The highest BCUT2D eigenvalue weighted by molar-refractivity contribution is 6.12. The molecule has 5 nitrogen and oxygen atoms in total. The van der Waals surface area contributed by atoms with Crippen LogP contribution in [0.2, 0.25) is 0 Å². The van der Waals surface area contributed by atoms with Crippen molar-refractivity contribution in [3.8, 4) is 5.69 Å². The molecule has 0 N–H and O–H groups in total. The number of hydrogen-bond donors (Lipinski definition) is 0. The average molecular weight is 373 g/mol. The zero-order valence-electron chi connectivity index (χ0n) is 15.9. The van der Waals surface area contributed by atoms with Crippen LogP contribution in [-0.2, 0) is 9.47 Å². The number of esters is 2. The van der Waals surface area contributed by atoms with Crippen molar-refractivity contribution in [2.24, 2.45) is 0 Å². The van der Waals surface area contributed by atoms with E-state index >= 15 is 0 Å². The molecule has 5 heteroatoms. The number of benzene rings is 3. The Labute approximate surface area is 162 Å². The van der Waals surface area contributed by atoms with Crippen molar-refractivity contribution in [2.45, 2.75) is 6.92 Å². The van der Waals surface area contributed by atoms with Gasteiger partial charge in [-0.3, -0.25) is 0 Å². The zero-order valence-corrected chi connectivity index (χ0v) is 15.9. The SMILES string of the molecule is COC(=O)c1cc(C)cc(C(=O)OC)c1-n1c2ccccc2c2ccccc21. The summed E-state index contributed by atoms with van der Waals surface area (Å²) >= 11 is 0. The maximum Gasteiger partial charge on any atom is 0.340 e. The number of carbonyl (C=O) groups excluding carboxylic acids is 2. The number of nitrogens with zero attached hydrogens (tertiary/aromatic N) is 1. The molecule has 0 spiro atoms. The lowest BCUT2D eigenvalue weighted by molar-refractivity contribution is 0.0599. The van der Waals surface area contributed by atoms with Crippen LogP contribution in [0.1, 0.15) is 26.3 Å². The number of fused-ring (bicyclic) bond motifs is 3. The molecule has 0 saturated heterocycles. The van der Waals surface area contributed by atoms with Crippen LogP contribution in [0.3, 0.4) is 0 Å². The van der Waals surface area contributed by atoms with Gasteiger partial charge in [-0.05, 0) is 36.8 Å². The van der Waals surface area contributed by atoms with E-state index in [2.05, 4.69) is 0 Å². The molecule has 140 valence electrons. The Morgan fingerprint density at radius 1 is 0.750 bits per heavy atom. The molecule has 4 aromatic rings. The Hall–Kier alpha value is -3.60.